The fourth-order valence-electron chi connectivity index (χ4n) is 0. The molecule has 4 N–H and O–H groups in total. The molecule has 13 heteroatoms. The van der Waals surface area contributed by atoms with Crippen molar-refractivity contribution in [1.29, 1.82) is 0 Å². The third kappa shape index (κ3) is 29000. The van der Waals surface area contributed by atoms with Gasteiger partial charge in [-0.15, -0.1) is 0 Å². The maximum absolute atomic E-state index is 8.81. The largest absolute Gasteiger partial charge is 0.698 e. The molecule has 17 heavy (non-hydrogen) atoms. The summed E-state index contributed by atoms with van der Waals surface area (Å²) in [5, 5.41) is 23.9. The van der Waals surface area contributed by atoms with Crippen molar-refractivity contribution in [3.63, 3.8) is 0 Å². The average molecular weight is 516 g/mol. The van der Waals surface area contributed by atoms with E-state index in [2.05, 4.69) is 50.5 Å². The van der Waals surface area contributed by atoms with Gasteiger partial charge in [-0.25, -0.2) is 0 Å². The molecule has 0 aromatic rings. The van der Waals surface area contributed by atoms with Gasteiger partial charge >= 0.3 is 0 Å². The zero-order chi connectivity index (χ0) is 14.3. The van der Waals surface area contributed by atoms with Crippen LogP contribution in [-0.2, 0) is 50.5 Å². The van der Waals surface area contributed by atoms with Crippen LogP contribution in [0.2, 0.25) is 0 Å². The van der Waals surface area contributed by atoms with E-state index in [4.69, 9.17) is 39.6 Å². The van der Waals surface area contributed by atoms with Gasteiger partial charge in [0, 0.05) is 27.3 Å². The summed E-state index contributed by atoms with van der Waals surface area (Å²) in [5.41, 5.74) is 0. The summed E-state index contributed by atoms with van der Waals surface area (Å²) >= 11 is 14.1. The number of hydrogen-bond donors (Lipinski definition) is 4. The third-order valence-electron chi connectivity index (χ3n) is 0. The van der Waals surface area contributed by atoms with E-state index < -0.39 is 21.2 Å². The molecule has 0 aliphatic carbocycles. The average Bonchev–Trinajstić information content (AvgIpc) is 1.76. The summed E-state index contributed by atoms with van der Waals surface area (Å²) in [6.45, 7) is 0. The molecule has 0 rings (SSSR count). The van der Waals surface area contributed by atoms with Crippen molar-refractivity contribution in [2.24, 2.45) is 0 Å². The first-order chi connectivity index (χ1) is 6.93. The Bertz CT molecular complexity index is 170. The van der Waals surface area contributed by atoms with E-state index in [1.165, 1.54) is 0 Å². The summed E-state index contributed by atoms with van der Waals surface area (Å²) in [5.74, 6) is 0. The van der Waals surface area contributed by atoms with Gasteiger partial charge in [-0.3, -0.25) is 19.2 Å². The van der Waals surface area contributed by atoms with Crippen LogP contribution in [0.1, 0.15) is 0 Å². The second-order valence-corrected chi connectivity index (χ2v) is 2.46. The van der Waals surface area contributed by atoms with Crippen LogP contribution < -0.4 is 0 Å². The predicted octanol–water partition coefficient (Wildman–Crippen LogP) is 0.464. The summed E-state index contributed by atoms with van der Waals surface area (Å²) < 4.78 is 0. The maximum Gasteiger partial charge on any atom is 0.181 e. The zero-order valence-electron chi connectivity index (χ0n) is 7.55. The molecule has 0 spiro atoms. The molecule has 4 radical (unpaired) electrons. The Labute approximate surface area is 138 Å². The molecule has 100 valence electrons. The second-order valence-electron chi connectivity index (χ2n) is 1.06. The SMILES string of the molecule is O=C(O)[S-].O=C(O)[S-].O=C(O)[S-].O=C(O)[S-].[Pb]. The van der Waals surface area contributed by atoms with E-state index in [9.17, 15) is 0 Å². The van der Waals surface area contributed by atoms with Gasteiger partial charge in [-0.05, 0) is 0 Å². The van der Waals surface area contributed by atoms with Crippen LogP contribution >= 0.6 is 0 Å². The van der Waals surface area contributed by atoms with E-state index >= 15 is 0 Å². The molecule has 0 aromatic carbocycles. The quantitative estimate of drug-likeness (QED) is 0.262. The fraction of sp³-hybridized carbons (Fsp3) is 0. The molecule has 8 nitrogen and oxygen atoms in total. The van der Waals surface area contributed by atoms with E-state index in [1.807, 2.05) is 0 Å². The monoisotopic (exact) mass is 516 g/mol. The minimum atomic E-state index is -1.25. The van der Waals surface area contributed by atoms with Gasteiger partial charge < -0.3 is 70.9 Å². The van der Waals surface area contributed by atoms with E-state index in [1.54, 1.807) is 0 Å². The number of hydrogen-bond acceptors (Lipinski definition) is 8. The molecule has 0 aliphatic rings. The first-order valence-corrected chi connectivity index (χ1v) is 4.16. The summed E-state index contributed by atoms with van der Waals surface area (Å²) in [4.78, 5) is 35.3. The van der Waals surface area contributed by atoms with Crippen LogP contribution in [0.4, 0.5) is 19.2 Å². The van der Waals surface area contributed by atoms with E-state index in [0.717, 1.165) is 0 Å². The van der Waals surface area contributed by atoms with Crippen molar-refractivity contribution in [3.05, 3.63) is 0 Å². The van der Waals surface area contributed by atoms with Crippen LogP contribution in [-0.4, -0.2) is 68.9 Å². The molecule has 0 atom stereocenters. The maximum atomic E-state index is 8.81. The van der Waals surface area contributed by atoms with Gasteiger partial charge in [0.25, 0.3) is 0 Å². The van der Waals surface area contributed by atoms with Crippen molar-refractivity contribution in [2.45, 2.75) is 0 Å². The Hall–Kier alpha value is -0.318. The normalized spacial score (nSPS) is 5.65. The summed E-state index contributed by atoms with van der Waals surface area (Å²) in [6, 6.07) is 0. The molecule has 0 saturated carbocycles. The fourth-order valence-corrected chi connectivity index (χ4v) is 0. The molecule has 0 saturated heterocycles. The van der Waals surface area contributed by atoms with E-state index in [-0.39, 0.29) is 27.3 Å². The van der Waals surface area contributed by atoms with Gasteiger partial charge in [0.2, 0.25) is 0 Å². The standard InChI is InChI=1S/4CH2O2S.Pb/c4*2-1(3)4;/h4*4H,(H,2,3);/p-4. The van der Waals surface area contributed by atoms with Gasteiger partial charge in [0.15, 0.2) is 21.2 Å². The minimum absolute atomic E-state index is 0. The molecule has 0 aromatic heterocycles. The van der Waals surface area contributed by atoms with Crippen LogP contribution in [0.5, 0.6) is 0 Å². The van der Waals surface area contributed by atoms with E-state index in [0.29, 0.717) is 0 Å². The Morgan fingerprint density at radius 1 is 0.529 bits per heavy atom. The molecular weight excluding hydrogens is 512 g/mol. The van der Waals surface area contributed by atoms with Gasteiger partial charge in [0.1, 0.15) is 0 Å². The summed E-state index contributed by atoms with van der Waals surface area (Å²) in [6.07, 6.45) is 0. The van der Waals surface area contributed by atoms with Crippen molar-refractivity contribution in [1.82, 2.24) is 0 Å². The number of carbonyl (C=O) groups is 4. The molecule has 0 fully saturated rings. The minimum Gasteiger partial charge on any atom is -0.698 e. The Kier molecular flexibility index (Phi) is 43.8. The first kappa shape index (κ1) is 30.1. The smallest absolute Gasteiger partial charge is 0.181 e. The van der Waals surface area contributed by atoms with Gasteiger partial charge in [0.05, 0.1) is 0 Å². The predicted molar refractivity (Wildman–Crippen MR) is 67.3 cm³/mol. The first-order valence-electron chi connectivity index (χ1n) is 2.53. The molecule has 0 heterocycles. The molecule has 0 aliphatic heterocycles. The molecular formula is C4H4O8PbS4-4. The Morgan fingerprint density at radius 2 is 0.529 bits per heavy atom. The van der Waals surface area contributed by atoms with Gasteiger partial charge in [-0.2, -0.15) is 0 Å². The zero-order valence-corrected chi connectivity index (χ0v) is 14.7. The second kappa shape index (κ2) is 24.8. The Balaban J connectivity index is -0.0000000369. The number of rotatable bonds is 0. The molecule has 0 bridgehead atoms. The Morgan fingerprint density at radius 3 is 0.529 bits per heavy atom. The van der Waals surface area contributed by atoms with Crippen molar-refractivity contribution >= 4 is 99.0 Å². The topological polar surface area (TPSA) is 149 Å². The molecule has 0 amide bonds. The van der Waals surface area contributed by atoms with Crippen LogP contribution in [0.3, 0.4) is 0 Å². The van der Waals surface area contributed by atoms with Crippen molar-refractivity contribution in [2.75, 3.05) is 0 Å². The third-order valence-corrected chi connectivity index (χ3v) is 0. The van der Waals surface area contributed by atoms with Crippen LogP contribution in [0.15, 0.2) is 0 Å². The van der Waals surface area contributed by atoms with Crippen LogP contribution in [0.25, 0.3) is 0 Å². The van der Waals surface area contributed by atoms with Crippen molar-refractivity contribution < 1.29 is 39.6 Å². The van der Waals surface area contributed by atoms with Crippen LogP contribution in [0, 0.1) is 0 Å². The van der Waals surface area contributed by atoms with Gasteiger partial charge in [-0.1, -0.05) is 0 Å². The number of carboxylic acid groups (broad SMARTS) is 4. The summed E-state index contributed by atoms with van der Waals surface area (Å²) in [7, 11) is 0. The molecule has 0 unspecified atom stereocenters. The van der Waals surface area contributed by atoms with Crippen molar-refractivity contribution in [3.8, 4) is 0 Å².